The molecule has 2 heteroatoms. The summed E-state index contributed by atoms with van der Waals surface area (Å²) < 4.78 is 0. The Hall–Kier alpha value is -0.630. The third-order valence-corrected chi connectivity index (χ3v) is 4.97. The summed E-state index contributed by atoms with van der Waals surface area (Å²) in [4.78, 5) is 2.60. The van der Waals surface area contributed by atoms with E-state index >= 15 is 0 Å². The lowest BCUT2D eigenvalue weighted by molar-refractivity contribution is 0.263. The zero-order valence-electron chi connectivity index (χ0n) is 12.7. The number of benzene rings is 1. The SMILES string of the molecule is CC1CCc2ccccc2N1CC(CS)C(C)(C)C. The van der Waals surface area contributed by atoms with Crippen molar-refractivity contribution in [1.29, 1.82) is 0 Å². The summed E-state index contributed by atoms with van der Waals surface area (Å²) in [7, 11) is 0. The first kappa shape index (κ1) is 14.8. The molecule has 0 radical (unpaired) electrons. The zero-order valence-corrected chi connectivity index (χ0v) is 13.6. The molecular formula is C17H27NS. The summed E-state index contributed by atoms with van der Waals surface area (Å²) in [6, 6.07) is 9.52. The van der Waals surface area contributed by atoms with E-state index in [1.54, 1.807) is 0 Å². The van der Waals surface area contributed by atoms with Crippen LogP contribution in [0, 0.1) is 11.3 Å². The Balaban J connectivity index is 2.24. The van der Waals surface area contributed by atoms with Crippen molar-refractivity contribution < 1.29 is 0 Å². The Labute approximate surface area is 123 Å². The van der Waals surface area contributed by atoms with E-state index in [9.17, 15) is 0 Å². The van der Waals surface area contributed by atoms with E-state index in [0.717, 1.165) is 12.3 Å². The predicted molar refractivity (Wildman–Crippen MR) is 88.4 cm³/mol. The molecule has 1 nitrogen and oxygen atoms in total. The number of nitrogens with zero attached hydrogens (tertiary/aromatic N) is 1. The third-order valence-electron chi connectivity index (χ3n) is 4.53. The molecule has 1 heterocycles. The van der Waals surface area contributed by atoms with Crippen LogP contribution in [0.3, 0.4) is 0 Å². The quantitative estimate of drug-likeness (QED) is 0.800. The predicted octanol–water partition coefficient (Wildman–Crippen LogP) is 4.42. The van der Waals surface area contributed by atoms with Gasteiger partial charge in [-0.1, -0.05) is 39.0 Å². The van der Waals surface area contributed by atoms with Crippen molar-refractivity contribution in [1.82, 2.24) is 0 Å². The Kier molecular flexibility index (Phi) is 4.50. The molecule has 0 saturated heterocycles. The van der Waals surface area contributed by atoms with Crippen LogP contribution in [0.15, 0.2) is 24.3 Å². The van der Waals surface area contributed by atoms with Crippen LogP contribution in [0.25, 0.3) is 0 Å². The van der Waals surface area contributed by atoms with Crippen LogP contribution >= 0.6 is 12.6 Å². The van der Waals surface area contributed by atoms with Gasteiger partial charge >= 0.3 is 0 Å². The minimum Gasteiger partial charge on any atom is -0.368 e. The van der Waals surface area contributed by atoms with Gasteiger partial charge in [0.05, 0.1) is 0 Å². The average molecular weight is 277 g/mol. The van der Waals surface area contributed by atoms with Gasteiger partial charge in [-0.2, -0.15) is 12.6 Å². The van der Waals surface area contributed by atoms with Gasteiger partial charge in [0.2, 0.25) is 0 Å². The molecule has 0 amide bonds. The lowest BCUT2D eigenvalue weighted by atomic mass is 9.81. The van der Waals surface area contributed by atoms with E-state index < -0.39 is 0 Å². The number of para-hydroxylation sites is 1. The Bertz CT molecular complexity index is 422. The fourth-order valence-electron chi connectivity index (χ4n) is 2.88. The fourth-order valence-corrected chi connectivity index (χ4v) is 3.54. The first-order valence-corrected chi connectivity index (χ1v) is 8.02. The largest absolute Gasteiger partial charge is 0.368 e. The lowest BCUT2D eigenvalue weighted by Crippen LogP contribution is -2.44. The second-order valence-corrected chi connectivity index (χ2v) is 7.28. The molecule has 1 aliphatic rings. The molecule has 1 aromatic rings. The van der Waals surface area contributed by atoms with E-state index in [1.807, 2.05) is 0 Å². The number of hydrogen-bond donors (Lipinski definition) is 1. The highest BCUT2D eigenvalue weighted by atomic mass is 32.1. The summed E-state index contributed by atoms with van der Waals surface area (Å²) in [5, 5.41) is 0. The Morgan fingerprint density at radius 1 is 1.32 bits per heavy atom. The second kappa shape index (κ2) is 5.78. The van der Waals surface area contributed by atoms with Gasteiger partial charge in [0.1, 0.15) is 0 Å². The zero-order chi connectivity index (χ0) is 14.0. The van der Waals surface area contributed by atoms with Crippen LogP contribution in [0.2, 0.25) is 0 Å². The van der Waals surface area contributed by atoms with Gasteiger partial charge in [-0.25, -0.2) is 0 Å². The highest BCUT2D eigenvalue weighted by Crippen LogP contribution is 2.34. The lowest BCUT2D eigenvalue weighted by Gasteiger charge is -2.42. The molecule has 0 bridgehead atoms. The van der Waals surface area contributed by atoms with Gasteiger partial charge in [0.15, 0.2) is 0 Å². The smallest absolute Gasteiger partial charge is 0.0401 e. The summed E-state index contributed by atoms with van der Waals surface area (Å²) in [6.07, 6.45) is 2.48. The molecule has 19 heavy (non-hydrogen) atoms. The summed E-state index contributed by atoms with van der Waals surface area (Å²) in [5.41, 5.74) is 3.26. The highest BCUT2D eigenvalue weighted by molar-refractivity contribution is 7.80. The number of aryl methyl sites for hydroxylation is 1. The van der Waals surface area contributed by atoms with E-state index in [-0.39, 0.29) is 0 Å². The number of anilines is 1. The molecule has 2 unspecified atom stereocenters. The maximum atomic E-state index is 4.58. The van der Waals surface area contributed by atoms with Crippen molar-refractivity contribution in [3.8, 4) is 0 Å². The van der Waals surface area contributed by atoms with Crippen molar-refractivity contribution in [3.05, 3.63) is 29.8 Å². The highest BCUT2D eigenvalue weighted by Gasteiger charge is 2.30. The van der Waals surface area contributed by atoms with Crippen LogP contribution in [0.5, 0.6) is 0 Å². The van der Waals surface area contributed by atoms with Crippen LogP contribution in [-0.2, 0) is 6.42 Å². The maximum absolute atomic E-state index is 4.58. The minimum absolute atomic E-state index is 0.313. The molecule has 0 spiro atoms. The third kappa shape index (κ3) is 3.28. The maximum Gasteiger partial charge on any atom is 0.0401 e. The van der Waals surface area contributed by atoms with Gasteiger partial charge in [-0.05, 0) is 48.5 Å². The fraction of sp³-hybridized carbons (Fsp3) is 0.647. The Morgan fingerprint density at radius 3 is 2.63 bits per heavy atom. The van der Waals surface area contributed by atoms with Crippen LogP contribution in [-0.4, -0.2) is 18.3 Å². The van der Waals surface area contributed by atoms with Crippen LogP contribution in [0.1, 0.15) is 39.7 Å². The molecule has 1 aromatic carbocycles. The van der Waals surface area contributed by atoms with Crippen molar-refractivity contribution >= 4 is 18.3 Å². The molecule has 0 N–H and O–H groups in total. The molecule has 2 rings (SSSR count). The number of fused-ring (bicyclic) bond motifs is 1. The van der Waals surface area contributed by atoms with Crippen molar-refractivity contribution in [2.45, 2.75) is 46.6 Å². The molecule has 2 atom stereocenters. The van der Waals surface area contributed by atoms with Crippen molar-refractivity contribution in [2.75, 3.05) is 17.2 Å². The number of thiol groups is 1. The first-order valence-electron chi connectivity index (χ1n) is 7.39. The van der Waals surface area contributed by atoms with Crippen molar-refractivity contribution in [3.63, 3.8) is 0 Å². The van der Waals surface area contributed by atoms with E-state index in [2.05, 4.69) is 69.5 Å². The molecule has 0 aromatic heterocycles. The average Bonchev–Trinajstić information content (AvgIpc) is 2.36. The molecule has 0 saturated carbocycles. The van der Waals surface area contributed by atoms with Crippen molar-refractivity contribution in [2.24, 2.45) is 11.3 Å². The number of rotatable bonds is 3. The Morgan fingerprint density at radius 2 is 2.00 bits per heavy atom. The standard InChI is InChI=1S/C17H27NS/c1-13-9-10-14-7-5-6-8-16(14)18(13)11-15(12-19)17(2,3)4/h5-8,13,15,19H,9-12H2,1-4H3. The molecule has 1 aliphatic heterocycles. The van der Waals surface area contributed by atoms with Gasteiger partial charge in [-0.3, -0.25) is 0 Å². The van der Waals surface area contributed by atoms with E-state index in [4.69, 9.17) is 0 Å². The minimum atomic E-state index is 0.313. The van der Waals surface area contributed by atoms with E-state index in [1.165, 1.54) is 24.1 Å². The summed E-state index contributed by atoms with van der Waals surface area (Å²) in [6.45, 7) is 10.5. The summed E-state index contributed by atoms with van der Waals surface area (Å²) in [5.74, 6) is 1.57. The second-order valence-electron chi connectivity index (χ2n) is 6.91. The summed E-state index contributed by atoms with van der Waals surface area (Å²) >= 11 is 4.58. The van der Waals surface area contributed by atoms with Gasteiger partial charge < -0.3 is 4.90 Å². The first-order chi connectivity index (χ1) is 8.93. The van der Waals surface area contributed by atoms with E-state index in [0.29, 0.717) is 17.4 Å². The topological polar surface area (TPSA) is 3.24 Å². The normalized spacial score (nSPS) is 21.1. The van der Waals surface area contributed by atoms with Crippen LogP contribution < -0.4 is 4.90 Å². The monoisotopic (exact) mass is 277 g/mol. The van der Waals surface area contributed by atoms with Gasteiger partial charge in [0, 0.05) is 18.3 Å². The number of hydrogen-bond acceptors (Lipinski definition) is 2. The van der Waals surface area contributed by atoms with Crippen LogP contribution in [0.4, 0.5) is 5.69 Å². The van der Waals surface area contributed by atoms with Gasteiger partial charge in [0.25, 0.3) is 0 Å². The molecular weight excluding hydrogens is 250 g/mol. The molecule has 0 fully saturated rings. The van der Waals surface area contributed by atoms with Gasteiger partial charge in [-0.15, -0.1) is 0 Å². The molecule has 0 aliphatic carbocycles. The molecule has 106 valence electrons.